The highest BCUT2D eigenvalue weighted by Gasteiger charge is 2.68. The number of methoxy groups -OCH3 is 1. The van der Waals surface area contributed by atoms with Crippen molar-refractivity contribution in [3.05, 3.63) is 59.7 Å². The third kappa shape index (κ3) is 6.01. The van der Waals surface area contributed by atoms with Gasteiger partial charge in [-0.15, -0.1) is 0 Å². The molecular weight excluding hydrogens is 581 g/mol. The fraction of sp³-hybridized carbons (Fsp3) is 0.595. The second kappa shape index (κ2) is 12.8. The Labute approximate surface area is 273 Å². The van der Waals surface area contributed by atoms with Gasteiger partial charge < -0.3 is 24.1 Å². The Kier molecular flexibility index (Phi) is 9.11. The van der Waals surface area contributed by atoms with Crippen LogP contribution in [0.2, 0.25) is 0 Å². The first-order valence-electron chi connectivity index (χ1n) is 17.0. The number of carbonyl (C=O) groups excluding carboxylic acids is 3. The van der Waals surface area contributed by atoms with E-state index in [0.29, 0.717) is 18.3 Å². The van der Waals surface area contributed by atoms with Crippen LogP contribution in [0.5, 0.6) is 0 Å². The Bertz CT molecular complexity index is 1430. The second-order valence-electron chi connectivity index (χ2n) is 15.0. The van der Waals surface area contributed by atoms with Crippen molar-refractivity contribution in [2.24, 2.45) is 29.1 Å². The lowest BCUT2D eigenvalue weighted by atomic mass is 9.43. The minimum Gasteiger partial charge on any atom is -0.469 e. The molecule has 1 amide bonds. The van der Waals surface area contributed by atoms with E-state index in [4.69, 9.17) is 18.8 Å². The highest BCUT2D eigenvalue weighted by Crippen LogP contribution is 2.65. The third-order valence-corrected chi connectivity index (χ3v) is 11.4. The maximum atomic E-state index is 13.9. The molecule has 3 saturated carbocycles. The molecular formula is C37H48BNO7. The summed E-state index contributed by atoms with van der Waals surface area (Å²) in [6.07, 6.45) is 2.81. The summed E-state index contributed by atoms with van der Waals surface area (Å²) in [6, 6.07) is 16.4. The molecule has 246 valence electrons. The number of hydrogen-bond donors (Lipinski definition) is 1. The van der Waals surface area contributed by atoms with E-state index < -0.39 is 36.5 Å². The molecule has 5 aliphatic rings. The first kappa shape index (κ1) is 32.8. The largest absolute Gasteiger partial charge is 0.481 e. The Morgan fingerprint density at radius 3 is 2.24 bits per heavy atom. The number of nitrogens with one attached hydrogen (secondary N) is 1. The fourth-order valence-electron chi connectivity index (χ4n) is 8.71. The molecule has 4 fully saturated rings. The Morgan fingerprint density at radius 1 is 0.978 bits per heavy atom. The molecule has 7 rings (SSSR count). The molecule has 0 spiro atoms. The van der Waals surface area contributed by atoms with Crippen LogP contribution in [0, 0.1) is 29.1 Å². The second-order valence-corrected chi connectivity index (χ2v) is 15.0. The monoisotopic (exact) mass is 629 g/mol. The number of rotatable bonds is 12. The van der Waals surface area contributed by atoms with Crippen LogP contribution in [-0.4, -0.2) is 56.3 Å². The third-order valence-electron chi connectivity index (χ3n) is 11.4. The molecule has 0 radical (unpaired) electrons. The van der Waals surface area contributed by atoms with Gasteiger partial charge in [-0.2, -0.15) is 0 Å². The van der Waals surface area contributed by atoms with Crippen molar-refractivity contribution in [2.45, 2.75) is 96.7 Å². The lowest BCUT2D eigenvalue weighted by Gasteiger charge is -2.64. The van der Waals surface area contributed by atoms with E-state index in [2.05, 4.69) is 64.2 Å². The van der Waals surface area contributed by atoms with Crippen molar-refractivity contribution >= 4 is 25.0 Å². The van der Waals surface area contributed by atoms with Gasteiger partial charge in [0.15, 0.2) is 0 Å². The highest BCUT2D eigenvalue weighted by molar-refractivity contribution is 6.47. The molecule has 46 heavy (non-hydrogen) atoms. The van der Waals surface area contributed by atoms with Crippen molar-refractivity contribution in [3.8, 4) is 11.1 Å². The first-order valence-corrected chi connectivity index (χ1v) is 17.0. The van der Waals surface area contributed by atoms with Crippen molar-refractivity contribution in [3.63, 3.8) is 0 Å². The number of hydrogen-bond acceptors (Lipinski definition) is 7. The van der Waals surface area contributed by atoms with E-state index in [0.717, 1.165) is 35.1 Å². The van der Waals surface area contributed by atoms with Gasteiger partial charge >= 0.3 is 19.1 Å². The van der Waals surface area contributed by atoms with Gasteiger partial charge in [0.25, 0.3) is 0 Å². The molecule has 9 heteroatoms. The number of carbonyl (C=O) groups is 3. The Morgan fingerprint density at radius 2 is 1.63 bits per heavy atom. The van der Waals surface area contributed by atoms with Crippen LogP contribution >= 0.6 is 0 Å². The summed E-state index contributed by atoms with van der Waals surface area (Å²) in [5, 5.41) is 3.19. The van der Waals surface area contributed by atoms with Crippen LogP contribution in [0.1, 0.15) is 90.2 Å². The SMILES string of the molecule is COC(=O)CC[C@H](CC(=O)OCC1c2ccccc2-c2ccccc21)C(=O)N[C@@H](CC(C)C)B1O[C@@H]2C[C@@H]3C[C@@H](C3(C)C)[C@]2(C)O1. The Balaban J connectivity index is 1.13. The number of fused-ring (bicyclic) bond motifs is 3. The van der Waals surface area contributed by atoms with Crippen LogP contribution in [0.4, 0.5) is 0 Å². The molecule has 1 N–H and O–H groups in total. The number of benzene rings is 2. The molecule has 1 aliphatic heterocycles. The zero-order chi connectivity index (χ0) is 32.8. The van der Waals surface area contributed by atoms with Gasteiger partial charge in [-0.3, -0.25) is 14.4 Å². The zero-order valence-corrected chi connectivity index (χ0v) is 28.0. The number of ether oxygens (including phenoxy) is 2. The quantitative estimate of drug-likeness (QED) is 0.224. The van der Waals surface area contributed by atoms with Gasteiger partial charge in [-0.25, -0.2) is 0 Å². The Hall–Kier alpha value is -3.17. The zero-order valence-electron chi connectivity index (χ0n) is 28.0. The molecule has 0 unspecified atom stereocenters. The molecule has 0 aromatic heterocycles. The van der Waals surface area contributed by atoms with Gasteiger partial charge in [0, 0.05) is 18.3 Å². The molecule has 2 aromatic rings. The summed E-state index contributed by atoms with van der Waals surface area (Å²) in [4.78, 5) is 39.3. The maximum Gasteiger partial charge on any atom is 0.481 e. The van der Waals surface area contributed by atoms with Gasteiger partial charge in [-0.05, 0) is 78.0 Å². The lowest BCUT2D eigenvalue weighted by Crippen LogP contribution is -2.65. The van der Waals surface area contributed by atoms with E-state index in [-0.39, 0.29) is 55.1 Å². The van der Waals surface area contributed by atoms with E-state index in [1.54, 1.807) is 0 Å². The lowest BCUT2D eigenvalue weighted by molar-refractivity contribution is -0.199. The maximum absolute atomic E-state index is 13.9. The van der Waals surface area contributed by atoms with Crippen LogP contribution in [0.3, 0.4) is 0 Å². The smallest absolute Gasteiger partial charge is 0.469 e. The molecule has 2 aromatic carbocycles. The van der Waals surface area contributed by atoms with Crippen molar-refractivity contribution < 1.29 is 33.2 Å². The minimum absolute atomic E-state index is 0.00298. The van der Waals surface area contributed by atoms with Gasteiger partial charge in [0.05, 0.1) is 31.2 Å². The highest BCUT2D eigenvalue weighted by atomic mass is 16.7. The predicted octanol–water partition coefficient (Wildman–Crippen LogP) is 6.10. The van der Waals surface area contributed by atoms with Gasteiger partial charge in [0.2, 0.25) is 5.91 Å². The summed E-state index contributed by atoms with van der Waals surface area (Å²) < 4.78 is 24.0. The van der Waals surface area contributed by atoms with E-state index >= 15 is 0 Å². The molecule has 6 atom stereocenters. The molecule has 1 saturated heterocycles. The number of amides is 1. The van der Waals surface area contributed by atoms with Crippen molar-refractivity contribution in [2.75, 3.05) is 13.7 Å². The first-order chi connectivity index (χ1) is 21.9. The summed E-state index contributed by atoms with van der Waals surface area (Å²) in [7, 11) is 0.745. The summed E-state index contributed by atoms with van der Waals surface area (Å²) >= 11 is 0. The molecule has 2 bridgehead atoms. The summed E-state index contributed by atoms with van der Waals surface area (Å²) in [6.45, 7) is 11.2. The summed E-state index contributed by atoms with van der Waals surface area (Å²) in [5.41, 5.74) is 4.36. The predicted molar refractivity (Wildman–Crippen MR) is 176 cm³/mol. The molecule has 1 heterocycles. The van der Waals surface area contributed by atoms with E-state index in [1.807, 2.05) is 24.3 Å². The van der Waals surface area contributed by atoms with Crippen LogP contribution < -0.4 is 5.32 Å². The van der Waals surface area contributed by atoms with Crippen LogP contribution in [0.15, 0.2) is 48.5 Å². The average molecular weight is 630 g/mol. The average Bonchev–Trinajstić information content (AvgIpc) is 3.55. The van der Waals surface area contributed by atoms with Crippen molar-refractivity contribution in [1.29, 1.82) is 0 Å². The standard InChI is InChI=1S/C37H48BNO7/c1-22(2)17-32(38-45-31-20-24-19-30(36(24,3)4)37(31,5)46-38)39-35(42)23(15-16-33(40)43-6)18-34(41)44-21-29-27-13-9-7-11-25(27)26-12-8-10-14-28(26)29/h7-14,22-24,29-32H,15-21H2,1-6H3,(H,39,42)/t23-,24+,30+,31-,32+,37+/m1/s1. The molecule has 4 aliphatic carbocycles. The van der Waals surface area contributed by atoms with Crippen molar-refractivity contribution in [1.82, 2.24) is 5.32 Å². The number of esters is 2. The van der Waals surface area contributed by atoms with E-state index in [9.17, 15) is 14.4 Å². The molecule has 8 nitrogen and oxygen atoms in total. The van der Waals surface area contributed by atoms with Crippen LogP contribution in [-0.2, 0) is 33.2 Å². The minimum atomic E-state index is -0.768. The van der Waals surface area contributed by atoms with Gasteiger partial charge in [-0.1, -0.05) is 76.2 Å². The fourth-order valence-corrected chi connectivity index (χ4v) is 8.71. The summed E-state index contributed by atoms with van der Waals surface area (Å²) in [5.74, 6) is -1.14. The topological polar surface area (TPSA) is 100 Å². The van der Waals surface area contributed by atoms with Gasteiger partial charge in [0.1, 0.15) is 6.61 Å². The normalized spacial score (nSPS) is 26.8. The van der Waals surface area contributed by atoms with Crippen LogP contribution in [0.25, 0.3) is 11.1 Å². The van der Waals surface area contributed by atoms with E-state index in [1.165, 1.54) is 7.11 Å².